The molecule has 122 valence electrons. The number of halogens is 1. The number of guanidine groups is 1. The highest BCUT2D eigenvalue weighted by Gasteiger charge is 2.11. The zero-order valence-corrected chi connectivity index (χ0v) is 16.4. The summed E-state index contributed by atoms with van der Waals surface area (Å²) in [6.45, 7) is 9.37. The highest BCUT2D eigenvalue weighted by molar-refractivity contribution is 14.0. The van der Waals surface area contributed by atoms with Gasteiger partial charge in [-0.3, -0.25) is 4.99 Å². The van der Waals surface area contributed by atoms with Crippen LogP contribution in [-0.2, 0) is 6.42 Å². The van der Waals surface area contributed by atoms with Crippen LogP contribution < -0.4 is 10.6 Å². The standard InChI is InChI=1S/C17H26N4.HI/c1-12-7-6-8-14-13(11-20-15(12)14)9-10-19-16(18-5)21-17(2,3)4;/h6-8,11,20H,9-10H2,1-5H3,(H2,18,19,21);1H. The predicted octanol–water partition coefficient (Wildman–Crippen LogP) is 3.60. The molecule has 0 unspecified atom stereocenters. The molecule has 0 atom stereocenters. The van der Waals surface area contributed by atoms with E-state index in [-0.39, 0.29) is 29.5 Å². The smallest absolute Gasteiger partial charge is 0.191 e. The lowest BCUT2D eigenvalue weighted by Crippen LogP contribution is -2.48. The van der Waals surface area contributed by atoms with E-state index in [1.165, 1.54) is 22.0 Å². The molecule has 5 heteroatoms. The van der Waals surface area contributed by atoms with Crippen LogP contribution in [-0.4, -0.2) is 30.1 Å². The van der Waals surface area contributed by atoms with E-state index in [0.717, 1.165) is 18.9 Å². The molecule has 0 saturated carbocycles. The molecule has 0 aliphatic rings. The topological polar surface area (TPSA) is 52.2 Å². The van der Waals surface area contributed by atoms with Gasteiger partial charge in [0.15, 0.2) is 5.96 Å². The van der Waals surface area contributed by atoms with Gasteiger partial charge in [-0.25, -0.2) is 0 Å². The highest BCUT2D eigenvalue weighted by Crippen LogP contribution is 2.21. The third kappa shape index (κ3) is 4.90. The average Bonchev–Trinajstić information content (AvgIpc) is 2.81. The van der Waals surface area contributed by atoms with Gasteiger partial charge in [0, 0.05) is 36.2 Å². The van der Waals surface area contributed by atoms with Crippen molar-refractivity contribution in [2.45, 2.75) is 39.7 Å². The largest absolute Gasteiger partial charge is 0.361 e. The fraction of sp³-hybridized carbons (Fsp3) is 0.471. The van der Waals surface area contributed by atoms with E-state index < -0.39 is 0 Å². The fourth-order valence-corrected chi connectivity index (χ4v) is 2.42. The van der Waals surface area contributed by atoms with Gasteiger partial charge in [-0.05, 0) is 45.2 Å². The van der Waals surface area contributed by atoms with Gasteiger partial charge >= 0.3 is 0 Å². The summed E-state index contributed by atoms with van der Waals surface area (Å²) in [4.78, 5) is 7.63. The summed E-state index contributed by atoms with van der Waals surface area (Å²) in [5.41, 5.74) is 3.88. The van der Waals surface area contributed by atoms with Crippen molar-refractivity contribution in [2.24, 2.45) is 4.99 Å². The molecule has 0 aliphatic carbocycles. The summed E-state index contributed by atoms with van der Waals surface area (Å²) in [7, 11) is 1.80. The molecule has 0 aliphatic heterocycles. The van der Waals surface area contributed by atoms with Crippen molar-refractivity contribution in [3.63, 3.8) is 0 Å². The fourth-order valence-electron chi connectivity index (χ4n) is 2.42. The molecule has 1 aromatic heterocycles. The Morgan fingerprint density at radius 3 is 2.64 bits per heavy atom. The molecule has 1 heterocycles. The number of rotatable bonds is 3. The summed E-state index contributed by atoms with van der Waals surface area (Å²) in [6.07, 6.45) is 3.08. The minimum Gasteiger partial charge on any atom is -0.361 e. The van der Waals surface area contributed by atoms with E-state index in [1.807, 2.05) is 0 Å². The number of aromatic amines is 1. The maximum atomic E-state index is 4.26. The number of hydrogen-bond acceptors (Lipinski definition) is 1. The van der Waals surface area contributed by atoms with Gasteiger partial charge in [0.1, 0.15) is 0 Å². The molecular formula is C17H27IN4. The van der Waals surface area contributed by atoms with Crippen LogP contribution in [0.4, 0.5) is 0 Å². The van der Waals surface area contributed by atoms with Gasteiger partial charge in [0.05, 0.1) is 0 Å². The number of aliphatic imine (C=N–C) groups is 1. The molecule has 2 rings (SSSR count). The third-order valence-electron chi connectivity index (χ3n) is 3.41. The van der Waals surface area contributed by atoms with Gasteiger partial charge < -0.3 is 15.6 Å². The van der Waals surface area contributed by atoms with Crippen molar-refractivity contribution in [3.05, 3.63) is 35.5 Å². The maximum absolute atomic E-state index is 4.26. The Morgan fingerprint density at radius 2 is 2.00 bits per heavy atom. The van der Waals surface area contributed by atoms with Gasteiger partial charge in [-0.1, -0.05) is 18.2 Å². The lowest BCUT2D eigenvalue weighted by Gasteiger charge is -2.23. The summed E-state index contributed by atoms with van der Waals surface area (Å²) >= 11 is 0. The summed E-state index contributed by atoms with van der Waals surface area (Å²) in [6, 6.07) is 6.43. The Bertz CT molecular complexity index is 638. The normalized spacial score (nSPS) is 12.1. The molecule has 3 N–H and O–H groups in total. The second-order valence-electron chi connectivity index (χ2n) is 6.44. The van der Waals surface area contributed by atoms with E-state index in [0.29, 0.717) is 0 Å². The van der Waals surface area contributed by atoms with Crippen LogP contribution in [0.15, 0.2) is 29.4 Å². The van der Waals surface area contributed by atoms with Gasteiger partial charge in [0.25, 0.3) is 0 Å². The zero-order valence-electron chi connectivity index (χ0n) is 14.1. The summed E-state index contributed by atoms with van der Waals surface area (Å²) < 4.78 is 0. The first-order valence-electron chi connectivity index (χ1n) is 7.45. The summed E-state index contributed by atoms with van der Waals surface area (Å²) in [5.74, 6) is 0.846. The molecule has 22 heavy (non-hydrogen) atoms. The minimum atomic E-state index is 0. The lowest BCUT2D eigenvalue weighted by atomic mass is 10.1. The average molecular weight is 414 g/mol. The molecule has 2 aromatic rings. The van der Waals surface area contributed by atoms with E-state index in [9.17, 15) is 0 Å². The number of fused-ring (bicyclic) bond motifs is 1. The summed E-state index contributed by atoms with van der Waals surface area (Å²) in [5, 5.41) is 8.05. The Kier molecular flexibility index (Phi) is 6.71. The van der Waals surface area contributed by atoms with Crippen LogP contribution in [0, 0.1) is 6.92 Å². The number of nitrogens with zero attached hydrogens (tertiary/aromatic N) is 1. The van der Waals surface area contributed by atoms with Crippen LogP contribution >= 0.6 is 24.0 Å². The first-order chi connectivity index (χ1) is 9.90. The number of benzene rings is 1. The van der Waals surface area contributed by atoms with Crippen LogP contribution in [0.2, 0.25) is 0 Å². The quantitative estimate of drug-likeness (QED) is 0.409. The molecule has 0 bridgehead atoms. The minimum absolute atomic E-state index is 0. The first kappa shape index (κ1) is 18.8. The molecule has 0 amide bonds. The van der Waals surface area contributed by atoms with Crippen molar-refractivity contribution in [3.8, 4) is 0 Å². The Hall–Kier alpha value is -1.24. The molecule has 0 radical (unpaired) electrons. The van der Waals surface area contributed by atoms with Crippen molar-refractivity contribution in [2.75, 3.05) is 13.6 Å². The van der Waals surface area contributed by atoms with E-state index in [2.05, 4.69) is 72.7 Å². The highest BCUT2D eigenvalue weighted by atomic mass is 127. The van der Waals surface area contributed by atoms with Gasteiger partial charge in [0.2, 0.25) is 0 Å². The van der Waals surface area contributed by atoms with Crippen LogP contribution in [0.3, 0.4) is 0 Å². The molecule has 1 aromatic carbocycles. The molecule has 0 fully saturated rings. The molecular weight excluding hydrogens is 387 g/mol. The molecule has 4 nitrogen and oxygen atoms in total. The number of H-pyrrole nitrogens is 1. The molecule has 0 spiro atoms. The predicted molar refractivity (Wildman–Crippen MR) is 106 cm³/mol. The second kappa shape index (κ2) is 7.85. The number of hydrogen-bond donors (Lipinski definition) is 3. The van der Waals surface area contributed by atoms with Crippen LogP contribution in [0.5, 0.6) is 0 Å². The van der Waals surface area contributed by atoms with Crippen molar-refractivity contribution in [1.82, 2.24) is 15.6 Å². The van der Waals surface area contributed by atoms with Crippen LogP contribution in [0.1, 0.15) is 31.9 Å². The SMILES string of the molecule is CN=C(NCCc1c[nH]c2c(C)cccc12)NC(C)(C)C.I. The number of aromatic nitrogens is 1. The Labute approximate surface area is 150 Å². The Balaban J connectivity index is 0.00000242. The van der Waals surface area contributed by atoms with Crippen molar-refractivity contribution < 1.29 is 0 Å². The van der Waals surface area contributed by atoms with Crippen molar-refractivity contribution in [1.29, 1.82) is 0 Å². The lowest BCUT2D eigenvalue weighted by molar-refractivity contribution is 0.501. The van der Waals surface area contributed by atoms with Crippen molar-refractivity contribution >= 4 is 40.8 Å². The van der Waals surface area contributed by atoms with E-state index in [4.69, 9.17) is 0 Å². The van der Waals surface area contributed by atoms with E-state index >= 15 is 0 Å². The maximum Gasteiger partial charge on any atom is 0.191 e. The van der Waals surface area contributed by atoms with E-state index in [1.54, 1.807) is 7.05 Å². The Morgan fingerprint density at radius 1 is 1.27 bits per heavy atom. The number of para-hydroxylation sites is 1. The van der Waals surface area contributed by atoms with Gasteiger partial charge in [-0.15, -0.1) is 24.0 Å². The number of aryl methyl sites for hydroxylation is 1. The number of nitrogens with one attached hydrogen (secondary N) is 3. The molecule has 0 saturated heterocycles. The first-order valence-corrected chi connectivity index (χ1v) is 7.45. The second-order valence-corrected chi connectivity index (χ2v) is 6.44. The monoisotopic (exact) mass is 414 g/mol. The third-order valence-corrected chi connectivity index (χ3v) is 3.41. The van der Waals surface area contributed by atoms with Gasteiger partial charge in [-0.2, -0.15) is 0 Å². The van der Waals surface area contributed by atoms with Crippen LogP contribution in [0.25, 0.3) is 10.9 Å². The zero-order chi connectivity index (χ0) is 15.5.